The molecular formula is C92H73BBr6I3N6. The van der Waals surface area contributed by atoms with E-state index in [4.69, 9.17) is 5.73 Å². The molecule has 16 heteroatoms. The highest BCUT2D eigenvalue weighted by Gasteiger charge is 2.20. The number of halogens is 9. The Morgan fingerprint density at radius 1 is 0.278 bits per heavy atom. The Labute approximate surface area is 732 Å². The molecule has 6 nitrogen and oxygen atoms in total. The average molecular weight is 2130 g/mol. The zero-order valence-electron chi connectivity index (χ0n) is 57.2. The number of anilines is 5. The van der Waals surface area contributed by atoms with Crippen molar-refractivity contribution >= 4 is 268 Å². The summed E-state index contributed by atoms with van der Waals surface area (Å²) in [4.78, 5) is 0. The van der Waals surface area contributed by atoms with E-state index in [1.54, 1.807) is 0 Å². The summed E-state index contributed by atoms with van der Waals surface area (Å²) < 4.78 is 14.9. The molecule has 0 unspecified atom stereocenters. The van der Waals surface area contributed by atoms with Crippen LogP contribution in [-0.4, -0.2) is 22.1 Å². The molecule has 0 saturated carbocycles. The van der Waals surface area contributed by atoms with E-state index in [2.05, 4.69) is 403 Å². The topological polar surface area (TPSA) is 64.9 Å². The van der Waals surface area contributed by atoms with Gasteiger partial charge < -0.3 is 30.1 Å². The maximum absolute atomic E-state index is 5.36. The van der Waals surface area contributed by atoms with E-state index in [1.165, 1.54) is 103 Å². The molecule has 18 aromatic rings. The molecule has 0 spiro atoms. The van der Waals surface area contributed by atoms with Gasteiger partial charge in [-0.1, -0.05) is 243 Å². The number of nitrogens with zero attached hydrogens (tertiary/aromatic N) is 3. The standard InChI is InChI=1S/C30H23N3.2C18H11Br2N.C13H8Br2.C6H5I.C6H7N.CH4.B.2HI.H2/c1-4-10-22(11-5-1)31-24-16-18-29-27(20-24)28-21-25(32-23-12-6-2-7-13-23)17-19-30(28)33(29)26-14-8-3-9-15-26;2*19-12-6-8-17-15(10-12)16-11-13(20)7-9-18(16)21(17)14-4-2-1-3-5-14;14-10-3-1-8-5-9-2-4-11(15)7-13(9)12(8)6-10;2*7-6-4-2-1-3-5-6;;;;;/h1-21,31-32H;2*1-11H;1-4,6-7H,5H2;1-5H;1-5H,7H2;1H4;;3*1H. The minimum Gasteiger partial charge on any atom is -0.399 e. The van der Waals surface area contributed by atoms with Crippen LogP contribution in [0.2, 0.25) is 0 Å². The molecule has 0 bridgehead atoms. The van der Waals surface area contributed by atoms with E-state index >= 15 is 0 Å². The number of para-hydroxylation sites is 6. The predicted molar refractivity (Wildman–Crippen MR) is 518 cm³/mol. The summed E-state index contributed by atoms with van der Waals surface area (Å²) >= 11 is 23.7. The van der Waals surface area contributed by atoms with Crippen LogP contribution in [0.3, 0.4) is 0 Å². The molecule has 1 aliphatic rings. The first-order valence-electron chi connectivity index (χ1n) is 33.6. The molecule has 0 saturated heterocycles. The second-order valence-electron chi connectivity index (χ2n) is 24.6. The van der Waals surface area contributed by atoms with Crippen molar-refractivity contribution in [2.24, 2.45) is 0 Å². The van der Waals surface area contributed by atoms with E-state index in [-0.39, 0.29) is 65.2 Å². The Balaban J connectivity index is 0.000000160. The summed E-state index contributed by atoms with van der Waals surface area (Å²) in [6.07, 6.45) is 1.06. The maximum atomic E-state index is 5.36. The van der Waals surface area contributed by atoms with Crippen LogP contribution in [0.5, 0.6) is 0 Å². The van der Waals surface area contributed by atoms with E-state index in [0.717, 1.165) is 67.4 Å². The van der Waals surface area contributed by atoms with E-state index in [1.807, 2.05) is 97.1 Å². The molecule has 0 atom stereocenters. The molecule has 19 rings (SSSR count). The molecule has 108 heavy (non-hydrogen) atoms. The van der Waals surface area contributed by atoms with Gasteiger partial charge in [0.05, 0.1) is 33.1 Å². The van der Waals surface area contributed by atoms with Gasteiger partial charge in [-0.05, 0) is 270 Å². The van der Waals surface area contributed by atoms with Crippen molar-refractivity contribution in [1.29, 1.82) is 0 Å². The number of hydrogen-bond acceptors (Lipinski definition) is 3. The largest absolute Gasteiger partial charge is 0.399 e. The van der Waals surface area contributed by atoms with Crippen molar-refractivity contribution in [3.8, 4) is 28.2 Å². The lowest BCUT2D eigenvalue weighted by Gasteiger charge is -2.09. The van der Waals surface area contributed by atoms with Gasteiger partial charge in [0.1, 0.15) is 0 Å². The summed E-state index contributed by atoms with van der Waals surface area (Å²) in [5, 5.41) is 14.5. The monoisotopic (exact) mass is 2130 g/mol. The first kappa shape index (κ1) is 82.7. The summed E-state index contributed by atoms with van der Waals surface area (Å²) in [6, 6.07) is 124. The second-order valence-corrected chi connectivity index (χ2v) is 31.3. The predicted octanol–water partition coefficient (Wildman–Crippen LogP) is 31.0. The minimum atomic E-state index is 0. The number of nitrogens with two attached hydrogens (primary N) is 1. The normalized spacial score (nSPS) is 10.6. The molecule has 3 radical (unpaired) electrons. The van der Waals surface area contributed by atoms with Gasteiger partial charge in [-0.3, -0.25) is 0 Å². The van der Waals surface area contributed by atoms with Crippen LogP contribution in [0.1, 0.15) is 20.0 Å². The number of aromatic nitrogens is 3. The lowest BCUT2D eigenvalue weighted by molar-refractivity contribution is 1.18. The second kappa shape index (κ2) is 39.2. The Hall–Kier alpha value is -7.77. The van der Waals surface area contributed by atoms with Gasteiger partial charge in [-0.25, -0.2) is 0 Å². The van der Waals surface area contributed by atoms with Crippen LogP contribution in [0.25, 0.3) is 93.6 Å². The van der Waals surface area contributed by atoms with Crippen LogP contribution in [0.15, 0.2) is 385 Å². The van der Waals surface area contributed by atoms with Crippen LogP contribution < -0.4 is 16.4 Å². The number of rotatable bonds is 7. The third-order valence-corrected chi connectivity index (χ3v) is 21.3. The van der Waals surface area contributed by atoms with Gasteiger partial charge in [-0.2, -0.15) is 0 Å². The fourth-order valence-electron chi connectivity index (χ4n) is 13.0. The number of benzene rings is 15. The number of hydrogen-bond donors (Lipinski definition) is 3. The Morgan fingerprint density at radius 3 is 0.787 bits per heavy atom. The molecule has 3 heterocycles. The van der Waals surface area contributed by atoms with Crippen molar-refractivity contribution in [3.05, 3.63) is 399 Å². The van der Waals surface area contributed by atoms with Gasteiger partial charge in [0.25, 0.3) is 0 Å². The zero-order chi connectivity index (χ0) is 71.5. The quantitative estimate of drug-likeness (QED) is 0.0846. The SMILES string of the molecule is Brc1ccc2c(c1)-c1cc(Br)ccc1C2.Brc1ccc2c(c1)c1cc(Br)ccc1n2-c1ccccc1.Brc1ccc2c(c1)c1cc(Br)ccc1n2-c1ccccc1.C.I.I.Ic1ccccc1.Nc1ccccc1.[B].[HH].c1ccc(Nc2ccc3c(c2)c2cc(Nc4ccccc4)ccc2n3-c2ccccc2)cc1. The van der Waals surface area contributed by atoms with Gasteiger partial charge in [0, 0.05) is 118 Å². The third-order valence-electron chi connectivity index (χ3n) is 17.7. The minimum absolute atomic E-state index is 0. The number of nitrogens with one attached hydrogen (secondary N) is 2. The Kier molecular flexibility index (Phi) is 30.0. The Morgan fingerprint density at radius 2 is 0.519 bits per heavy atom. The van der Waals surface area contributed by atoms with Crippen molar-refractivity contribution in [1.82, 2.24) is 13.7 Å². The van der Waals surface area contributed by atoms with Crippen molar-refractivity contribution < 1.29 is 1.43 Å². The lowest BCUT2D eigenvalue weighted by Crippen LogP contribution is -1.94. The summed E-state index contributed by atoms with van der Waals surface area (Å²) in [5.41, 5.74) is 26.8. The molecule has 4 N–H and O–H groups in total. The summed E-state index contributed by atoms with van der Waals surface area (Å²) in [6.45, 7) is 0. The van der Waals surface area contributed by atoms with Crippen LogP contribution in [0.4, 0.5) is 28.4 Å². The highest BCUT2D eigenvalue weighted by atomic mass is 127. The Bertz CT molecular complexity index is 5540. The van der Waals surface area contributed by atoms with Crippen molar-refractivity contribution in [2.75, 3.05) is 16.4 Å². The molecule has 15 aromatic carbocycles. The highest BCUT2D eigenvalue weighted by Crippen LogP contribution is 2.42. The molecule has 3 aromatic heterocycles. The van der Waals surface area contributed by atoms with Gasteiger partial charge in [0.15, 0.2) is 0 Å². The average Bonchev–Trinajstić information content (AvgIpc) is 1.61. The fourth-order valence-corrected chi connectivity index (χ4v) is 15.6. The summed E-state index contributed by atoms with van der Waals surface area (Å²) in [5.74, 6) is 0. The highest BCUT2D eigenvalue weighted by molar-refractivity contribution is 14.1. The zero-order valence-corrected chi connectivity index (χ0v) is 73.6. The fraction of sp³-hybridized carbons (Fsp3) is 0.0217. The molecular weight excluding hydrogens is 2060 g/mol. The molecule has 537 valence electrons. The number of fused-ring (bicyclic) bond motifs is 12. The summed E-state index contributed by atoms with van der Waals surface area (Å²) in [7, 11) is 0. The van der Waals surface area contributed by atoms with Crippen LogP contribution in [-0.2, 0) is 6.42 Å². The number of nitrogen functional groups attached to an aromatic ring is 1. The smallest absolute Gasteiger partial charge is 0.0542 e. The van der Waals surface area contributed by atoms with Gasteiger partial charge in [-0.15, -0.1) is 48.0 Å². The van der Waals surface area contributed by atoms with Crippen molar-refractivity contribution in [2.45, 2.75) is 13.8 Å². The van der Waals surface area contributed by atoms with Crippen LogP contribution in [0, 0.1) is 3.57 Å². The van der Waals surface area contributed by atoms with E-state index in [9.17, 15) is 0 Å². The molecule has 0 fully saturated rings. The first-order valence-corrected chi connectivity index (χ1v) is 39.4. The maximum Gasteiger partial charge on any atom is 0.0542 e. The first-order chi connectivity index (χ1) is 50.8. The molecule has 0 amide bonds. The third kappa shape index (κ3) is 19.9. The van der Waals surface area contributed by atoms with Crippen LogP contribution >= 0.6 is 166 Å². The molecule has 1 aliphatic carbocycles. The van der Waals surface area contributed by atoms with E-state index < -0.39 is 0 Å². The lowest BCUT2D eigenvalue weighted by atomic mass is 10.1. The molecule has 0 aliphatic heterocycles. The van der Waals surface area contributed by atoms with Gasteiger partial charge in [0.2, 0.25) is 0 Å². The van der Waals surface area contributed by atoms with E-state index in [0.29, 0.717) is 0 Å². The van der Waals surface area contributed by atoms with Gasteiger partial charge >= 0.3 is 0 Å². The van der Waals surface area contributed by atoms with Crippen molar-refractivity contribution in [3.63, 3.8) is 0 Å².